The Hall–Kier alpha value is -1.64. The molecular weight excluding hydrogens is 238 g/mol. The summed E-state index contributed by atoms with van der Waals surface area (Å²) >= 11 is 0. The van der Waals surface area contributed by atoms with E-state index in [2.05, 4.69) is 13.8 Å². The van der Waals surface area contributed by atoms with Gasteiger partial charge < -0.3 is 4.90 Å². The molecule has 19 heavy (non-hydrogen) atoms. The lowest BCUT2D eigenvalue weighted by Crippen LogP contribution is -2.34. The van der Waals surface area contributed by atoms with Crippen molar-refractivity contribution in [1.82, 2.24) is 0 Å². The lowest BCUT2D eigenvalue weighted by molar-refractivity contribution is -0.122. The number of hydrogen-bond donors (Lipinski definition) is 0. The molecule has 0 N–H and O–H groups in total. The predicted molar refractivity (Wildman–Crippen MR) is 76.6 cm³/mol. The smallest absolute Gasteiger partial charge is 0.230 e. The van der Waals surface area contributed by atoms with Gasteiger partial charge in [-0.05, 0) is 49.9 Å². The first-order valence-electron chi connectivity index (χ1n) is 7.03. The van der Waals surface area contributed by atoms with Gasteiger partial charge in [0.2, 0.25) is 5.91 Å². The third-order valence-corrected chi connectivity index (χ3v) is 3.98. The molecule has 0 fully saturated rings. The molecule has 3 nitrogen and oxygen atoms in total. The molecule has 0 saturated heterocycles. The van der Waals surface area contributed by atoms with Crippen LogP contribution in [-0.2, 0) is 11.2 Å². The molecule has 0 aromatic heterocycles. The molecule has 0 radical (unpaired) electrons. The third kappa shape index (κ3) is 2.55. The molecular formula is C16H21NO2. The van der Waals surface area contributed by atoms with Gasteiger partial charge in [0.1, 0.15) is 0 Å². The average Bonchev–Trinajstić information content (AvgIpc) is 2.82. The number of ketones is 1. The molecule has 0 spiro atoms. The second-order valence-electron chi connectivity index (χ2n) is 5.15. The Morgan fingerprint density at radius 2 is 1.95 bits per heavy atom. The van der Waals surface area contributed by atoms with Crippen LogP contribution in [0.15, 0.2) is 18.2 Å². The number of rotatable bonds is 4. The molecule has 0 atom stereocenters. The molecule has 1 aliphatic rings. The summed E-state index contributed by atoms with van der Waals surface area (Å²) < 4.78 is 0. The van der Waals surface area contributed by atoms with Gasteiger partial charge >= 0.3 is 0 Å². The highest BCUT2D eigenvalue weighted by Gasteiger charge is 2.28. The van der Waals surface area contributed by atoms with Gasteiger partial charge in [-0.2, -0.15) is 0 Å². The minimum Gasteiger partial charge on any atom is -0.312 e. The minimum atomic E-state index is 0.0765. The van der Waals surface area contributed by atoms with Crippen LogP contribution in [0.4, 0.5) is 5.69 Å². The number of anilines is 1. The number of fused-ring (bicyclic) bond motifs is 1. The zero-order valence-electron chi connectivity index (χ0n) is 11.9. The first-order chi connectivity index (χ1) is 9.08. The van der Waals surface area contributed by atoms with Crippen LogP contribution >= 0.6 is 0 Å². The van der Waals surface area contributed by atoms with Crippen molar-refractivity contribution in [2.45, 2.75) is 40.0 Å². The summed E-state index contributed by atoms with van der Waals surface area (Å²) in [5, 5.41) is 0. The van der Waals surface area contributed by atoms with E-state index in [1.165, 1.54) is 0 Å². The summed E-state index contributed by atoms with van der Waals surface area (Å²) in [7, 11) is 0. The highest BCUT2D eigenvalue weighted by molar-refractivity contribution is 5.99. The highest BCUT2D eigenvalue weighted by Crippen LogP contribution is 2.31. The SMILES string of the molecule is CCC(CC)C(=O)N1CCc2cc(C(C)=O)ccc21. The summed E-state index contributed by atoms with van der Waals surface area (Å²) in [5.74, 6) is 0.408. The van der Waals surface area contributed by atoms with Crippen LogP contribution in [0.5, 0.6) is 0 Å². The Labute approximate surface area is 114 Å². The maximum Gasteiger partial charge on any atom is 0.230 e. The van der Waals surface area contributed by atoms with Gasteiger partial charge in [0, 0.05) is 23.7 Å². The lowest BCUT2D eigenvalue weighted by atomic mass is 10.0. The van der Waals surface area contributed by atoms with Gasteiger partial charge in [-0.15, -0.1) is 0 Å². The van der Waals surface area contributed by atoms with Crippen molar-refractivity contribution in [2.75, 3.05) is 11.4 Å². The normalized spacial score (nSPS) is 13.8. The Balaban J connectivity index is 2.27. The Bertz CT molecular complexity index is 503. The van der Waals surface area contributed by atoms with Crippen molar-refractivity contribution in [2.24, 2.45) is 5.92 Å². The largest absolute Gasteiger partial charge is 0.312 e. The fourth-order valence-electron chi connectivity index (χ4n) is 2.71. The lowest BCUT2D eigenvalue weighted by Gasteiger charge is -2.22. The molecule has 1 heterocycles. The second kappa shape index (κ2) is 5.55. The molecule has 102 valence electrons. The van der Waals surface area contributed by atoms with Gasteiger partial charge in [0.05, 0.1) is 0 Å². The van der Waals surface area contributed by atoms with E-state index in [4.69, 9.17) is 0 Å². The van der Waals surface area contributed by atoms with E-state index in [9.17, 15) is 9.59 Å². The first-order valence-corrected chi connectivity index (χ1v) is 7.03. The van der Waals surface area contributed by atoms with Gasteiger partial charge in [-0.3, -0.25) is 9.59 Å². The number of amides is 1. The van der Waals surface area contributed by atoms with E-state index < -0.39 is 0 Å². The van der Waals surface area contributed by atoms with Gasteiger partial charge in [-0.1, -0.05) is 13.8 Å². The predicted octanol–water partition coefficient (Wildman–Crippen LogP) is 3.21. The Morgan fingerprint density at radius 3 is 2.53 bits per heavy atom. The number of carbonyl (C=O) groups excluding carboxylic acids is 2. The minimum absolute atomic E-state index is 0.0765. The topological polar surface area (TPSA) is 37.4 Å². The zero-order valence-corrected chi connectivity index (χ0v) is 11.9. The van der Waals surface area contributed by atoms with Crippen LogP contribution < -0.4 is 4.90 Å². The van der Waals surface area contributed by atoms with E-state index in [1.807, 2.05) is 23.1 Å². The number of hydrogen-bond acceptors (Lipinski definition) is 2. The molecule has 0 unspecified atom stereocenters. The van der Waals surface area contributed by atoms with E-state index in [0.717, 1.165) is 42.6 Å². The number of carbonyl (C=O) groups is 2. The van der Waals surface area contributed by atoms with Crippen molar-refractivity contribution >= 4 is 17.4 Å². The third-order valence-electron chi connectivity index (χ3n) is 3.98. The fraction of sp³-hybridized carbons (Fsp3) is 0.500. The number of Topliss-reactive ketones (excluding diaryl/α,β-unsaturated/α-hetero) is 1. The Kier molecular flexibility index (Phi) is 4.03. The van der Waals surface area contributed by atoms with E-state index >= 15 is 0 Å². The highest BCUT2D eigenvalue weighted by atomic mass is 16.2. The van der Waals surface area contributed by atoms with E-state index in [-0.39, 0.29) is 17.6 Å². The Morgan fingerprint density at radius 1 is 1.26 bits per heavy atom. The van der Waals surface area contributed by atoms with Crippen molar-refractivity contribution in [3.05, 3.63) is 29.3 Å². The van der Waals surface area contributed by atoms with Crippen LogP contribution in [0, 0.1) is 5.92 Å². The molecule has 1 aliphatic heterocycles. The van der Waals surface area contributed by atoms with Gasteiger partial charge in [0.25, 0.3) is 0 Å². The summed E-state index contributed by atoms with van der Waals surface area (Å²) in [6.07, 6.45) is 2.61. The molecule has 0 saturated carbocycles. The molecule has 0 aliphatic carbocycles. The van der Waals surface area contributed by atoms with Crippen LogP contribution in [0.2, 0.25) is 0 Å². The second-order valence-corrected chi connectivity index (χ2v) is 5.15. The van der Waals surface area contributed by atoms with E-state index in [1.54, 1.807) is 6.92 Å². The quantitative estimate of drug-likeness (QED) is 0.779. The summed E-state index contributed by atoms with van der Waals surface area (Å²) in [6, 6.07) is 5.66. The number of nitrogens with zero attached hydrogens (tertiary/aromatic N) is 1. The van der Waals surface area contributed by atoms with Gasteiger partial charge in [0.15, 0.2) is 5.78 Å². The average molecular weight is 259 g/mol. The van der Waals surface area contributed by atoms with E-state index in [0.29, 0.717) is 0 Å². The number of benzene rings is 1. The molecule has 1 amide bonds. The van der Waals surface area contributed by atoms with Crippen molar-refractivity contribution in [1.29, 1.82) is 0 Å². The summed E-state index contributed by atoms with van der Waals surface area (Å²) in [6.45, 7) is 6.43. The standard InChI is InChI=1S/C16H21NO2/c1-4-12(5-2)16(19)17-9-8-14-10-13(11(3)18)6-7-15(14)17/h6-7,10,12H,4-5,8-9H2,1-3H3. The van der Waals surface area contributed by atoms with Crippen LogP contribution in [0.25, 0.3) is 0 Å². The summed E-state index contributed by atoms with van der Waals surface area (Å²) in [4.78, 5) is 25.7. The van der Waals surface area contributed by atoms with Crippen molar-refractivity contribution in [3.63, 3.8) is 0 Å². The monoisotopic (exact) mass is 259 g/mol. The van der Waals surface area contributed by atoms with Crippen LogP contribution in [0.3, 0.4) is 0 Å². The molecule has 1 aromatic carbocycles. The van der Waals surface area contributed by atoms with Crippen LogP contribution in [-0.4, -0.2) is 18.2 Å². The molecule has 0 bridgehead atoms. The maximum atomic E-state index is 12.4. The first kappa shape index (κ1) is 13.8. The maximum absolute atomic E-state index is 12.4. The fourth-order valence-corrected chi connectivity index (χ4v) is 2.71. The molecule has 1 aromatic rings. The molecule has 3 heteroatoms. The van der Waals surface area contributed by atoms with Crippen molar-refractivity contribution in [3.8, 4) is 0 Å². The van der Waals surface area contributed by atoms with Crippen molar-refractivity contribution < 1.29 is 9.59 Å². The summed E-state index contributed by atoms with van der Waals surface area (Å²) in [5.41, 5.74) is 2.84. The van der Waals surface area contributed by atoms with Gasteiger partial charge in [-0.25, -0.2) is 0 Å². The van der Waals surface area contributed by atoms with Crippen LogP contribution in [0.1, 0.15) is 49.5 Å². The zero-order chi connectivity index (χ0) is 14.0. The molecule has 2 rings (SSSR count).